The summed E-state index contributed by atoms with van der Waals surface area (Å²) in [5.74, 6) is -0.0701. The van der Waals surface area contributed by atoms with Crippen LogP contribution in [0.15, 0.2) is 33.4 Å². The minimum atomic E-state index is -0.419. The van der Waals surface area contributed by atoms with Crippen LogP contribution in [-0.2, 0) is 25.4 Å². The molecule has 1 aliphatic heterocycles. The maximum Gasteiger partial charge on any atom is 0.332 e. The van der Waals surface area contributed by atoms with Gasteiger partial charge in [0.25, 0.3) is 5.56 Å². The first-order valence-corrected chi connectivity index (χ1v) is 11.0. The largest absolute Gasteiger partial charge is 0.354 e. The lowest BCUT2D eigenvalue weighted by molar-refractivity contribution is -0.121. The van der Waals surface area contributed by atoms with Crippen molar-refractivity contribution in [1.82, 2.24) is 28.9 Å². The number of nitrogens with zero attached hydrogens (tertiary/aromatic N) is 5. The third kappa shape index (κ3) is 3.84. The number of amides is 1. The zero-order chi connectivity index (χ0) is 21.3. The SMILES string of the molecule is Cn1c(=O)c2c(ncn2CCC(=O)NCC(c2cccs2)N2CCCC2)n(C)c1=O. The number of fused-ring (bicyclic) bond motifs is 1. The zero-order valence-corrected chi connectivity index (χ0v) is 18.0. The second-order valence-corrected chi connectivity index (χ2v) is 8.62. The fourth-order valence-electron chi connectivity index (χ4n) is 4.03. The van der Waals surface area contributed by atoms with Gasteiger partial charge in [-0.25, -0.2) is 9.78 Å². The number of thiophene rings is 1. The average Bonchev–Trinajstić information content (AvgIpc) is 3.51. The summed E-state index contributed by atoms with van der Waals surface area (Å²) in [7, 11) is 3.02. The van der Waals surface area contributed by atoms with Crippen molar-refractivity contribution in [3.8, 4) is 0 Å². The third-order valence-electron chi connectivity index (χ3n) is 5.74. The van der Waals surface area contributed by atoms with Crippen LogP contribution in [0.3, 0.4) is 0 Å². The molecule has 0 saturated carbocycles. The maximum absolute atomic E-state index is 12.5. The van der Waals surface area contributed by atoms with Gasteiger partial charge in [0.2, 0.25) is 5.91 Å². The van der Waals surface area contributed by atoms with Crippen molar-refractivity contribution < 1.29 is 4.79 Å². The highest BCUT2D eigenvalue weighted by Gasteiger charge is 2.24. The Kier molecular flexibility index (Phi) is 5.87. The highest BCUT2D eigenvalue weighted by atomic mass is 32.1. The van der Waals surface area contributed by atoms with Crippen LogP contribution < -0.4 is 16.6 Å². The van der Waals surface area contributed by atoms with Gasteiger partial charge in [-0.15, -0.1) is 11.3 Å². The molecule has 4 heterocycles. The van der Waals surface area contributed by atoms with E-state index in [-0.39, 0.29) is 18.4 Å². The standard InChI is InChI=1S/C20H26N6O3S/c1-23-18-17(19(28)24(2)20(23)29)26(13-22-18)10-7-16(27)21-12-14(15-6-5-11-30-15)25-8-3-4-9-25/h5-6,11,13-14H,3-4,7-10,12H2,1-2H3,(H,21,27). The fraction of sp³-hybridized carbons (Fsp3) is 0.500. The Labute approximate surface area is 177 Å². The molecule has 1 amide bonds. The first-order chi connectivity index (χ1) is 14.5. The predicted molar refractivity (Wildman–Crippen MR) is 116 cm³/mol. The van der Waals surface area contributed by atoms with Crippen molar-refractivity contribution in [2.45, 2.75) is 31.8 Å². The van der Waals surface area contributed by atoms with Gasteiger partial charge in [0, 0.05) is 38.5 Å². The molecule has 0 bridgehead atoms. The van der Waals surface area contributed by atoms with E-state index in [1.165, 1.54) is 35.7 Å². The maximum atomic E-state index is 12.5. The number of hydrogen-bond acceptors (Lipinski definition) is 6. The topological polar surface area (TPSA) is 94.2 Å². The molecule has 10 heteroatoms. The number of rotatable bonds is 7. The Morgan fingerprint density at radius 3 is 2.70 bits per heavy atom. The van der Waals surface area contributed by atoms with Crippen LogP contribution in [0.4, 0.5) is 0 Å². The van der Waals surface area contributed by atoms with E-state index in [1.807, 2.05) is 6.07 Å². The minimum absolute atomic E-state index is 0.0701. The van der Waals surface area contributed by atoms with Crippen molar-refractivity contribution in [3.05, 3.63) is 49.6 Å². The highest BCUT2D eigenvalue weighted by molar-refractivity contribution is 7.10. The van der Waals surface area contributed by atoms with Gasteiger partial charge in [-0.05, 0) is 37.4 Å². The Morgan fingerprint density at radius 1 is 1.23 bits per heavy atom. The van der Waals surface area contributed by atoms with Gasteiger partial charge in [-0.1, -0.05) is 6.07 Å². The number of aryl methyl sites for hydroxylation is 2. The van der Waals surface area contributed by atoms with Gasteiger partial charge in [0.05, 0.1) is 12.4 Å². The monoisotopic (exact) mass is 430 g/mol. The number of carbonyl (C=O) groups excluding carboxylic acids is 1. The van der Waals surface area contributed by atoms with Crippen LogP contribution >= 0.6 is 11.3 Å². The Bertz CT molecular complexity index is 1150. The molecular weight excluding hydrogens is 404 g/mol. The number of likely N-dealkylation sites (tertiary alicyclic amines) is 1. The van der Waals surface area contributed by atoms with Crippen molar-refractivity contribution in [3.63, 3.8) is 0 Å². The first-order valence-electron chi connectivity index (χ1n) is 10.1. The lowest BCUT2D eigenvalue weighted by Crippen LogP contribution is -2.38. The summed E-state index contributed by atoms with van der Waals surface area (Å²) in [5, 5.41) is 5.13. The van der Waals surface area contributed by atoms with E-state index in [1.54, 1.807) is 23.0 Å². The molecule has 3 aromatic rings. The van der Waals surface area contributed by atoms with E-state index in [9.17, 15) is 14.4 Å². The summed E-state index contributed by atoms with van der Waals surface area (Å²) in [5.41, 5.74) is -0.161. The first kappa shape index (κ1) is 20.5. The summed E-state index contributed by atoms with van der Waals surface area (Å²) >= 11 is 1.72. The molecule has 0 aromatic carbocycles. The van der Waals surface area contributed by atoms with E-state index in [0.29, 0.717) is 24.3 Å². The fourth-order valence-corrected chi connectivity index (χ4v) is 4.89. The molecule has 160 valence electrons. The smallest absolute Gasteiger partial charge is 0.332 e. The summed E-state index contributed by atoms with van der Waals surface area (Å²) < 4.78 is 4.05. The Balaban J connectivity index is 1.43. The molecular formula is C20H26N6O3S. The number of hydrogen-bond donors (Lipinski definition) is 1. The average molecular weight is 431 g/mol. The van der Waals surface area contributed by atoms with Gasteiger partial charge in [-0.2, -0.15) is 0 Å². The molecule has 4 rings (SSSR count). The van der Waals surface area contributed by atoms with Crippen molar-refractivity contribution in [2.24, 2.45) is 14.1 Å². The van der Waals surface area contributed by atoms with Gasteiger partial charge >= 0.3 is 5.69 Å². The van der Waals surface area contributed by atoms with Crippen LogP contribution in [0.5, 0.6) is 0 Å². The van der Waals surface area contributed by atoms with Crippen molar-refractivity contribution in [1.29, 1.82) is 0 Å². The molecule has 1 unspecified atom stereocenters. The molecule has 1 fully saturated rings. The van der Waals surface area contributed by atoms with E-state index < -0.39 is 11.2 Å². The quantitative estimate of drug-likeness (QED) is 0.600. The van der Waals surface area contributed by atoms with E-state index >= 15 is 0 Å². The van der Waals surface area contributed by atoms with Crippen LogP contribution in [0.2, 0.25) is 0 Å². The zero-order valence-electron chi connectivity index (χ0n) is 17.2. The Morgan fingerprint density at radius 2 is 2.00 bits per heavy atom. The number of nitrogens with one attached hydrogen (secondary N) is 1. The molecule has 1 saturated heterocycles. The number of carbonyl (C=O) groups is 1. The van der Waals surface area contributed by atoms with E-state index in [0.717, 1.165) is 17.7 Å². The van der Waals surface area contributed by atoms with Gasteiger partial charge in [-0.3, -0.25) is 23.6 Å². The molecule has 30 heavy (non-hydrogen) atoms. The summed E-state index contributed by atoms with van der Waals surface area (Å²) in [6.45, 7) is 3.01. The lowest BCUT2D eigenvalue weighted by Gasteiger charge is -2.27. The number of aromatic nitrogens is 4. The van der Waals surface area contributed by atoms with Gasteiger partial charge < -0.3 is 9.88 Å². The van der Waals surface area contributed by atoms with E-state index in [4.69, 9.17) is 0 Å². The van der Waals surface area contributed by atoms with Crippen molar-refractivity contribution in [2.75, 3.05) is 19.6 Å². The second-order valence-electron chi connectivity index (χ2n) is 7.64. The molecule has 0 radical (unpaired) electrons. The lowest BCUT2D eigenvalue weighted by atomic mass is 10.2. The predicted octanol–water partition coefficient (Wildman–Crippen LogP) is 0.839. The third-order valence-corrected chi connectivity index (χ3v) is 6.72. The second kappa shape index (κ2) is 8.57. The Hall–Kier alpha value is -2.72. The van der Waals surface area contributed by atoms with Gasteiger partial charge in [0.15, 0.2) is 11.2 Å². The van der Waals surface area contributed by atoms with Crippen LogP contribution in [0.25, 0.3) is 11.2 Å². The normalized spacial score (nSPS) is 15.7. The molecule has 1 atom stereocenters. The summed E-state index contributed by atoms with van der Waals surface area (Å²) in [4.78, 5) is 45.0. The minimum Gasteiger partial charge on any atom is -0.354 e. The number of imidazole rings is 1. The van der Waals surface area contributed by atoms with Crippen molar-refractivity contribution >= 4 is 28.4 Å². The molecule has 9 nitrogen and oxygen atoms in total. The molecule has 0 aliphatic carbocycles. The summed E-state index contributed by atoms with van der Waals surface area (Å²) in [6, 6.07) is 4.37. The van der Waals surface area contributed by atoms with E-state index in [2.05, 4.69) is 26.6 Å². The molecule has 0 spiro atoms. The molecule has 1 aliphatic rings. The molecule has 1 N–H and O–H groups in total. The molecule has 3 aromatic heterocycles. The highest BCUT2D eigenvalue weighted by Crippen LogP contribution is 2.27. The van der Waals surface area contributed by atoms with Crippen LogP contribution in [0.1, 0.15) is 30.2 Å². The van der Waals surface area contributed by atoms with Crippen LogP contribution in [0, 0.1) is 0 Å². The summed E-state index contributed by atoms with van der Waals surface area (Å²) in [6.07, 6.45) is 4.13. The van der Waals surface area contributed by atoms with Crippen LogP contribution in [-0.4, -0.2) is 49.1 Å². The van der Waals surface area contributed by atoms with Gasteiger partial charge in [0.1, 0.15) is 0 Å².